The number of rotatable bonds is 6. The SMILES string of the molecule is CN(C)CCC(CN(C)C)OC(=O)O. The van der Waals surface area contributed by atoms with Crippen LogP contribution in [0.15, 0.2) is 0 Å². The molecule has 0 heterocycles. The van der Waals surface area contributed by atoms with E-state index in [0.717, 1.165) is 13.0 Å². The van der Waals surface area contributed by atoms with Crippen molar-refractivity contribution in [2.75, 3.05) is 41.3 Å². The number of ether oxygens (including phenoxy) is 1. The van der Waals surface area contributed by atoms with Gasteiger partial charge < -0.3 is 19.6 Å². The van der Waals surface area contributed by atoms with Crippen LogP contribution in [-0.2, 0) is 4.74 Å². The Labute approximate surface area is 85.2 Å². The zero-order valence-electron chi connectivity index (χ0n) is 9.36. The molecule has 5 heteroatoms. The largest absolute Gasteiger partial charge is 0.506 e. The molecule has 0 saturated carbocycles. The molecule has 0 aliphatic heterocycles. The highest BCUT2D eigenvalue weighted by molar-refractivity contribution is 5.57. The van der Waals surface area contributed by atoms with Gasteiger partial charge in [0, 0.05) is 13.1 Å². The number of carboxylic acid groups (broad SMARTS) is 1. The molecular formula is C9H20N2O3. The first-order valence-corrected chi connectivity index (χ1v) is 4.61. The van der Waals surface area contributed by atoms with Gasteiger partial charge in [0.05, 0.1) is 0 Å². The molecule has 84 valence electrons. The van der Waals surface area contributed by atoms with Gasteiger partial charge in [-0.2, -0.15) is 0 Å². The molecule has 14 heavy (non-hydrogen) atoms. The third-order valence-corrected chi connectivity index (χ3v) is 1.73. The van der Waals surface area contributed by atoms with Gasteiger partial charge in [-0.05, 0) is 34.6 Å². The molecule has 1 unspecified atom stereocenters. The van der Waals surface area contributed by atoms with E-state index in [0.29, 0.717) is 6.54 Å². The van der Waals surface area contributed by atoms with Crippen LogP contribution in [0.2, 0.25) is 0 Å². The first-order chi connectivity index (χ1) is 6.41. The molecule has 0 fully saturated rings. The van der Waals surface area contributed by atoms with E-state index >= 15 is 0 Å². The Balaban J connectivity index is 3.90. The second-order valence-corrected chi connectivity index (χ2v) is 3.86. The van der Waals surface area contributed by atoms with Crippen LogP contribution < -0.4 is 0 Å². The Bertz CT molecular complexity index is 171. The van der Waals surface area contributed by atoms with Crippen LogP contribution in [0.1, 0.15) is 6.42 Å². The van der Waals surface area contributed by atoms with Gasteiger partial charge >= 0.3 is 6.16 Å². The Morgan fingerprint density at radius 1 is 1.29 bits per heavy atom. The molecule has 1 atom stereocenters. The van der Waals surface area contributed by atoms with E-state index < -0.39 is 6.16 Å². The highest BCUT2D eigenvalue weighted by atomic mass is 16.7. The Hall–Kier alpha value is -0.810. The highest BCUT2D eigenvalue weighted by Gasteiger charge is 2.14. The molecule has 0 aliphatic carbocycles. The van der Waals surface area contributed by atoms with E-state index in [4.69, 9.17) is 9.84 Å². The van der Waals surface area contributed by atoms with Gasteiger partial charge in [0.15, 0.2) is 0 Å². The minimum absolute atomic E-state index is 0.245. The van der Waals surface area contributed by atoms with Crippen molar-refractivity contribution in [1.82, 2.24) is 9.80 Å². The topological polar surface area (TPSA) is 53.0 Å². The summed E-state index contributed by atoms with van der Waals surface area (Å²) >= 11 is 0. The lowest BCUT2D eigenvalue weighted by Gasteiger charge is -2.21. The van der Waals surface area contributed by atoms with Gasteiger partial charge in [-0.1, -0.05) is 0 Å². The van der Waals surface area contributed by atoms with Crippen molar-refractivity contribution in [3.63, 3.8) is 0 Å². The zero-order valence-corrected chi connectivity index (χ0v) is 9.36. The number of carbonyl (C=O) groups is 1. The number of hydrogen-bond donors (Lipinski definition) is 1. The Morgan fingerprint density at radius 2 is 1.86 bits per heavy atom. The summed E-state index contributed by atoms with van der Waals surface area (Å²) in [4.78, 5) is 14.3. The van der Waals surface area contributed by atoms with Crippen molar-refractivity contribution in [1.29, 1.82) is 0 Å². The van der Waals surface area contributed by atoms with Gasteiger partial charge in [0.1, 0.15) is 6.10 Å². The van der Waals surface area contributed by atoms with Crippen LogP contribution in [0.5, 0.6) is 0 Å². The molecule has 5 nitrogen and oxygen atoms in total. The normalized spacial score (nSPS) is 13.3. The second kappa shape index (κ2) is 6.62. The minimum Gasteiger partial charge on any atom is -0.450 e. The van der Waals surface area contributed by atoms with Crippen LogP contribution in [-0.4, -0.2) is 68.4 Å². The molecule has 0 radical (unpaired) electrons. The lowest BCUT2D eigenvalue weighted by atomic mass is 10.2. The first-order valence-electron chi connectivity index (χ1n) is 4.61. The molecule has 0 aromatic rings. The molecular weight excluding hydrogens is 184 g/mol. The van der Waals surface area contributed by atoms with E-state index in [1.54, 1.807) is 0 Å². The summed E-state index contributed by atoms with van der Waals surface area (Å²) in [7, 11) is 7.70. The second-order valence-electron chi connectivity index (χ2n) is 3.86. The first kappa shape index (κ1) is 13.2. The fourth-order valence-corrected chi connectivity index (χ4v) is 1.14. The van der Waals surface area contributed by atoms with Crippen molar-refractivity contribution in [2.24, 2.45) is 0 Å². The predicted octanol–water partition coefficient (Wildman–Crippen LogP) is 0.563. The van der Waals surface area contributed by atoms with Crippen molar-refractivity contribution < 1.29 is 14.6 Å². The van der Waals surface area contributed by atoms with E-state index in [9.17, 15) is 4.79 Å². The molecule has 0 aliphatic rings. The lowest BCUT2D eigenvalue weighted by Crippen LogP contribution is -2.32. The van der Waals surface area contributed by atoms with E-state index in [1.807, 2.05) is 38.0 Å². The fourth-order valence-electron chi connectivity index (χ4n) is 1.14. The van der Waals surface area contributed by atoms with Crippen LogP contribution >= 0.6 is 0 Å². The van der Waals surface area contributed by atoms with Gasteiger partial charge in [0.25, 0.3) is 0 Å². The monoisotopic (exact) mass is 204 g/mol. The Kier molecular flexibility index (Phi) is 6.23. The summed E-state index contributed by atoms with van der Waals surface area (Å²) in [6.07, 6.45) is -0.724. The van der Waals surface area contributed by atoms with Gasteiger partial charge in [-0.3, -0.25) is 0 Å². The summed E-state index contributed by atoms with van der Waals surface area (Å²) < 4.78 is 4.76. The highest BCUT2D eigenvalue weighted by Crippen LogP contribution is 2.01. The van der Waals surface area contributed by atoms with Crippen molar-refractivity contribution >= 4 is 6.16 Å². The van der Waals surface area contributed by atoms with E-state index in [-0.39, 0.29) is 6.10 Å². The number of nitrogens with zero attached hydrogens (tertiary/aromatic N) is 2. The molecule has 0 spiro atoms. The standard InChI is InChI=1S/C9H20N2O3/c1-10(2)6-5-8(7-11(3)4)14-9(12)13/h8H,5-7H2,1-4H3,(H,12,13). The molecule has 0 aromatic carbocycles. The molecule has 1 N–H and O–H groups in total. The smallest absolute Gasteiger partial charge is 0.450 e. The van der Waals surface area contributed by atoms with Crippen molar-refractivity contribution in [3.8, 4) is 0 Å². The van der Waals surface area contributed by atoms with Gasteiger partial charge in [0.2, 0.25) is 0 Å². The minimum atomic E-state index is -1.20. The predicted molar refractivity (Wildman–Crippen MR) is 54.6 cm³/mol. The quantitative estimate of drug-likeness (QED) is 0.641. The average Bonchev–Trinajstić information content (AvgIpc) is 1.97. The van der Waals surface area contributed by atoms with Crippen LogP contribution in [0.3, 0.4) is 0 Å². The van der Waals surface area contributed by atoms with Crippen LogP contribution in [0.4, 0.5) is 4.79 Å². The summed E-state index contributed by atoms with van der Waals surface area (Å²) in [5.74, 6) is 0. The average molecular weight is 204 g/mol. The maximum absolute atomic E-state index is 10.4. The number of likely N-dealkylation sites (N-methyl/N-ethyl adjacent to an activating group) is 1. The molecule has 0 amide bonds. The summed E-state index contributed by atoms with van der Waals surface area (Å²) in [6, 6.07) is 0. The van der Waals surface area contributed by atoms with E-state index in [2.05, 4.69) is 0 Å². The lowest BCUT2D eigenvalue weighted by molar-refractivity contribution is 0.0342. The van der Waals surface area contributed by atoms with Crippen LogP contribution in [0, 0.1) is 0 Å². The third kappa shape index (κ3) is 7.82. The molecule has 0 rings (SSSR count). The number of hydrogen-bond acceptors (Lipinski definition) is 4. The van der Waals surface area contributed by atoms with Gasteiger partial charge in [-0.25, -0.2) is 4.79 Å². The Morgan fingerprint density at radius 3 is 2.21 bits per heavy atom. The van der Waals surface area contributed by atoms with Crippen LogP contribution in [0.25, 0.3) is 0 Å². The fraction of sp³-hybridized carbons (Fsp3) is 0.889. The maximum atomic E-state index is 10.4. The summed E-state index contributed by atoms with van der Waals surface area (Å²) in [5.41, 5.74) is 0. The van der Waals surface area contributed by atoms with Crippen molar-refractivity contribution in [2.45, 2.75) is 12.5 Å². The molecule has 0 bridgehead atoms. The van der Waals surface area contributed by atoms with E-state index in [1.165, 1.54) is 0 Å². The van der Waals surface area contributed by atoms with Gasteiger partial charge in [-0.15, -0.1) is 0 Å². The summed E-state index contributed by atoms with van der Waals surface area (Å²) in [6.45, 7) is 1.45. The summed E-state index contributed by atoms with van der Waals surface area (Å²) in [5, 5.41) is 8.51. The van der Waals surface area contributed by atoms with Crippen molar-refractivity contribution in [3.05, 3.63) is 0 Å². The molecule has 0 aromatic heterocycles. The third-order valence-electron chi connectivity index (χ3n) is 1.73. The maximum Gasteiger partial charge on any atom is 0.506 e. The zero-order chi connectivity index (χ0) is 11.1. The molecule has 0 saturated heterocycles.